The number of carbonyl (C=O) groups is 1. The molecule has 3 aromatic rings. The lowest BCUT2D eigenvalue weighted by Crippen LogP contribution is -2.52. The van der Waals surface area contributed by atoms with Crippen molar-refractivity contribution in [1.82, 2.24) is 14.9 Å². The molecule has 2 aliphatic rings. The highest BCUT2D eigenvalue weighted by atomic mass is 32.2. The fourth-order valence-corrected chi connectivity index (χ4v) is 5.66. The van der Waals surface area contributed by atoms with Crippen molar-refractivity contribution < 1.29 is 4.79 Å². The molecule has 0 spiro atoms. The molecule has 1 atom stereocenters. The van der Waals surface area contributed by atoms with Gasteiger partial charge in [0.15, 0.2) is 5.82 Å². The van der Waals surface area contributed by atoms with Crippen LogP contribution in [0.1, 0.15) is 18.4 Å². The molecule has 176 valence electrons. The van der Waals surface area contributed by atoms with Crippen molar-refractivity contribution in [2.75, 3.05) is 49.1 Å². The van der Waals surface area contributed by atoms with Gasteiger partial charge in [-0.2, -0.15) is 0 Å². The molecule has 2 fully saturated rings. The van der Waals surface area contributed by atoms with E-state index in [1.165, 1.54) is 11.3 Å². The number of benzene rings is 2. The second-order valence-electron chi connectivity index (χ2n) is 9.03. The Bertz CT molecular complexity index is 1100. The van der Waals surface area contributed by atoms with Gasteiger partial charge in [0.25, 0.3) is 0 Å². The number of amides is 1. The van der Waals surface area contributed by atoms with Crippen LogP contribution in [0.4, 0.5) is 11.5 Å². The van der Waals surface area contributed by atoms with Gasteiger partial charge in [0.2, 0.25) is 5.91 Å². The SMILES string of the molecule is Cc1ccc(Sc2nccnc2N2CCC[C@@H](C(=O)N3CCN(c4ccccc4)CC3)C2)cc1. The van der Waals surface area contributed by atoms with Gasteiger partial charge in [-0.05, 0) is 44.0 Å². The standard InChI is InChI=1S/C27H31N5OS/c1-21-9-11-24(12-10-21)34-26-25(28-13-14-29-26)32-15-5-6-22(20-32)27(33)31-18-16-30(17-19-31)23-7-3-2-4-8-23/h2-4,7-14,22H,5-6,15-20H2,1H3/t22-/m1/s1. The third-order valence-electron chi connectivity index (χ3n) is 6.66. The van der Waals surface area contributed by atoms with Crippen LogP contribution < -0.4 is 9.80 Å². The molecule has 7 heteroatoms. The average Bonchev–Trinajstić information content (AvgIpc) is 2.90. The Morgan fingerprint density at radius 2 is 1.62 bits per heavy atom. The molecule has 0 N–H and O–H groups in total. The lowest BCUT2D eigenvalue weighted by atomic mass is 9.96. The largest absolute Gasteiger partial charge is 0.368 e. The molecule has 0 bridgehead atoms. The first-order chi connectivity index (χ1) is 16.7. The molecule has 2 aliphatic heterocycles. The minimum Gasteiger partial charge on any atom is -0.368 e. The molecule has 1 amide bonds. The van der Waals surface area contributed by atoms with Crippen molar-refractivity contribution in [2.24, 2.45) is 5.92 Å². The number of piperidine rings is 1. The third-order valence-corrected chi connectivity index (χ3v) is 7.65. The van der Waals surface area contributed by atoms with E-state index in [0.29, 0.717) is 6.54 Å². The van der Waals surface area contributed by atoms with Crippen molar-refractivity contribution in [3.63, 3.8) is 0 Å². The monoisotopic (exact) mass is 473 g/mol. The zero-order valence-electron chi connectivity index (χ0n) is 19.6. The van der Waals surface area contributed by atoms with E-state index in [2.05, 4.69) is 80.1 Å². The lowest BCUT2D eigenvalue weighted by Gasteiger charge is -2.40. The van der Waals surface area contributed by atoms with Crippen LogP contribution in [0.5, 0.6) is 0 Å². The van der Waals surface area contributed by atoms with E-state index >= 15 is 0 Å². The number of aryl methyl sites for hydroxylation is 1. The van der Waals surface area contributed by atoms with Crippen LogP contribution in [-0.2, 0) is 4.79 Å². The number of carbonyl (C=O) groups excluding carboxylic acids is 1. The zero-order chi connectivity index (χ0) is 23.3. The lowest BCUT2D eigenvalue weighted by molar-refractivity contribution is -0.136. The molecule has 2 saturated heterocycles. The third kappa shape index (κ3) is 5.20. The van der Waals surface area contributed by atoms with E-state index in [1.807, 2.05) is 6.07 Å². The topological polar surface area (TPSA) is 52.6 Å². The van der Waals surface area contributed by atoms with E-state index in [4.69, 9.17) is 0 Å². The highest BCUT2D eigenvalue weighted by Gasteiger charge is 2.32. The van der Waals surface area contributed by atoms with Gasteiger partial charge >= 0.3 is 0 Å². The number of anilines is 2. The molecule has 1 aromatic heterocycles. The summed E-state index contributed by atoms with van der Waals surface area (Å²) in [6.07, 6.45) is 5.43. The van der Waals surface area contributed by atoms with Crippen LogP contribution >= 0.6 is 11.8 Å². The van der Waals surface area contributed by atoms with Gasteiger partial charge < -0.3 is 14.7 Å². The Kier molecular flexibility index (Phi) is 7.00. The Balaban J connectivity index is 1.23. The predicted octanol–water partition coefficient (Wildman–Crippen LogP) is 4.50. The first-order valence-corrected chi connectivity index (χ1v) is 12.9. The molecular weight excluding hydrogens is 442 g/mol. The summed E-state index contributed by atoms with van der Waals surface area (Å²) < 4.78 is 0. The van der Waals surface area contributed by atoms with E-state index in [1.54, 1.807) is 24.2 Å². The molecule has 0 saturated carbocycles. The molecule has 2 aromatic carbocycles. The quantitative estimate of drug-likeness (QED) is 0.544. The van der Waals surface area contributed by atoms with Crippen molar-refractivity contribution in [1.29, 1.82) is 0 Å². The zero-order valence-corrected chi connectivity index (χ0v) is 20.5. The molecule has 0 radical (unpaired) electrons. The first-order valence-electron chi connectivity index (χ1n) is 12.1. The molecular formula is C27H31N5OS. The normalized spacial score (nSPS) is 18.7. The van der Waals surface area contributed by atoms with Crippen molar-refractivity contribution in [2.45, 2.75) is 29.7 Å². The number of piperazine rings is 1. The van der Waals surface area contributed by atoms with Crippen LogP contribution in [0.25, 0.3) is 0 Å². The van der Waals surface area contributed by atoms with E-state index in [-0.39, 0.29) is 11.8 Å². The average molecular weight is 474 g/mol. The predicted molar refractivity (Wildman–Crippen MR) is 138 cm³/mol. The summed E-state index contributed by atoms with van der Waals surface area (Å²) in [4.78, 5) is 30.6. The molecule has 6 nitrogen and oxygen atoms in total. The highest BCUT2D eigenvalue weighted by Crippen LogP contribution is 2.34. The molecule has 0 unspecified atom stereocenters. The number of hydrogen-bond acceptors (Lipinski definition) is 6. The van der Waals surface area contributed by atoms with E-state index < -0.39 is 0 Å². The number of para-hydroxylation sites is 1. The van der Waals surface area contributed by atoms with Crippen LogP contribution in [0.2, 0.25) is 0 Å². The van der Waals surface area contributed by atoms with Gasteiger partial charge in [0, 0.05) is 62.2 Å². The van der Waals surface area contributed by atoms with Crippen molar-refractivity contribution in [3.8, 4) is 0 Å². The summed E-state index contributed by atoms with van der Waals surface area (Å²) >= 11 is 1.64. The minimum absolute atomic E-state index is 0.0104. The number of hydrogen-bond donors (Lipinski definition) is 0. The number of rotatable bonds is 5. The van der Waals surface area contributed by atoms with Crippen LogP contribution in [0, 0.1) is 12.8 Å². The molecule has 34 heavy (non-hydrogen) atoms. The summed E-state index contributed by atoms with van der Waals surface area (Å²) in [5.41, 5.74) is 2.48. The van der Waals surface area contributed by atoms with Crippen LogP contribution in [0.3, 0.4) is 0 Å². The van der Waals surface area contributed by atoms with Gasteiger partial charge in [0.05, 0.1) is 5.92 Å². The fraction of sp³-hybridized carbons (Fsp3) is 0.370. The van der Waals surface area contributed by atoms with Crippen LogP contribution in [-0.4, -0.2) is 60.0 Å². The Morgan fingerprint density at radius 1 is 0.882 bits per heavy atom. The molecule has 0 aliphatic carbocycles. The maximum Gasteiger partial charge on any atom is 0.227 e. The number of nitrogens with zero attached hydrogens (tertiary/aromatic N) is 5. The van der Waals surface area contributed by atoms with E-state index in [9.17, 15) is 4.79 Å². The van der Waals surface area contributed by atoms with E-state index in [0.717, 1.165) is 61.3 Å². The summed E-state index contributed by atoms with van der Waals surface area (Å²) in [5.74, 6) is 1.18. The smallest absolute Gasteiger partial charge is 0.227 e. The summed E-state index contributed by atoms with van der Waals surface area (Å²) in [7, 11) is 0. The van der Waals surface area contributed by atoms with Crippen molar-refractivity contribution in [3.05, 3.63) is 72.6 Å². The summed E-state index contributed by atoms with van der Waals surface area (Å²) in [5, 5.41) is 0.899. The first kappa shape index (κ1) is 22.7. The van der Waals surface area contributed by atoms with Gasteiger partial charge in [-0.1, -0.05) is 47.7 Å². The summed E-state index contributed by atoms with van der Waals surface area (Å²) in [6, 6.07) is 18.9. The second-order valence-corrected chi connectivity index (χ2v) is 10.1. The van der Waals surface area contributed by atoms with Crippen molar-refractivity contribution >= 4 is 29.2 Å². The maximum absolute atomic E-state index is 13.4. The highest BCUT2D eigenvalue weighted by molar-refractivity contribution is 7.99. The Hall–Kier alpha value is -3.06. The summed E-state index contributed by atoms with van der Waals surface area (Å²) in [6.45, 7) is 7.04. The maximum atomic E-state index is 13.4. The fourth-order valence-electron chi connectivity index (χ4n) is 4.78. The Morgan fingerprint density at radius 3 is 2.38 bits per heavy atom. The Labute approximate surface area is 206 Å². The van der Waals surface area contributed by atoms with Crippen LogP contribution in [0.15, 0.2) is 76.9 Å². The second kappa shape index (κ2) is 10.5. The minimum atomic E-state index is 0.0104. The van der Waals surface area contributed by atoms with Gasteiger partial charge in [-0.15, -0.1) is 0 Å². The van der Waals surface area contributed by atoms with Gasteiger partial charge in [-0.3, -0.25) is 4.79 Å². The van der Waals surface area contributed by atoms with Gasteiger partial charge in [0.1, 0.15) is 5.03 Å². The molecule has 5 rings (SSSR count). The molecule has 3 heterocycles. The van der Waals surface area contributed by atoms with Gasteiger partial charge in [-0.25, -0.2) is 9.97 Å². The number of aromatic nitrogens is 2.